The van der Waals surface area contributed by atoms with Crippen molar-refractivity contribution >= 4 is 11.6 Å². The van der Waals surface area contributed by atoms with Gasteiger partial charge in [0.25, 0.3) is 0 Å². The normalized spacial score (nSPS) is 14.8. The molecule has 0 aliphatic carbocycles. The van der Waals surface area contributed by atoms with Gasteiger partial charge in [0, 0.05) is 0 Å². The van der Waals surface area contributed by atoms with Gasteiger partial charge in [-0.05, 0) is 5.56 Å². The predicted molar refractivity (Wildman–Crippen MR) is 46.7 cm³/mol. The van der Waals surface area contributed by atoms with E-state index in [4.69, 9.17) is 22.0 Å². The number of benzene rings is 1. The molecule has 1 aromatic rings. The van der Waals surface area contributed by atoms with Crippen LogP contribution in [0, 0.1) is 11.3 Å². The highest BCUT2D eigenvalue weighted by atomic mass is 35.5. The van der Waals surface area contributed by atoms with Gasteiger partial charge in [-0.1, -0.05) is 30.3 Å². The summed E-state index contributed by atoms with van der Waals surface area (Å²) in [5, 5.41) is 16.8. The highest BCUT2D eigenvalue weighted by Crippen LogP contribution is 2.23. The molecule has 0 unspecified atom stereocenters. The van der Waals surface area contributed by atoms with Crippen LogP contribution in [0.4, 0.5) is 0 Å². The number of alkyl halides is 1. The third kappa shape index (κ3) is 1.97. The van der Waals surface area contributed by atoms with E-state index in [1.807, 2.05) is 18.2 Å². The maximum atomic E-state index is 9.09. The lowest BCUT2D eigenvalue weighted by atomic mass is 10.1. The Kier molecular flexibility index (Phi) is 3.09. The van der Waals surface area contributed by atoms with E-state index in [9.17, 15) is 0 Å². The Morgan fingerprint density at radius 1 is 1.33 bits per heavy atom. The van der Waals surface area contributed by atoms with Gasteiger partial charge in [0.2, 0.25) is 0 Å². The molecule has 2 atom stereocenters. The van der Waals surface area contributed by atoms with E-state index in [1.54, 1.807) is 18.2 Å². The molecular weight excluding hydrogens is 174 g/mol. The van der Waals surface area contributed by atoms with Crippen LogP contribution in [0.5, 0.6) is 0 Å². The van der Waals surface area contributed by atoms with Crippen molar-refractivity contribution in [2.75, 3.05) is 0 Å². The summed E-state index contributed by atoms with van der Waals surface area (Å²) in [7, 11) is 0. The molecule has 1 aromatic carbocycles. The molecular formula is C9H8ClNO. The first-order chi connectivity index (χ1) is 5.75. The Morgan fingerprint density at radius 2 is 1.92 bits per heavy atom. The number of hydrogen-bond acceptors (Lipinski definition) is 2. The van der Waals surface area contributed by atoms with E-state index in [0.717, 1.165) is 5.56 Å². The second-order valence-corrected chi connectivity index (χ2v) is 2.86. The Bertz CT molecular complexity index is 280. The topological polar surface area (TPSA) is 44.0 Å². The van der Waals surface area contributed by atoms with E-state index >= 15 is 0 Å². The maximum Gasteiger partial charge on any atom is 0.160 e. The summed E-state index contributed by atoms with van der Waals surface area (Å²) in [4.78, 5) is 0. The molecule has 0 aliphatic heterocycles. The molecule has 62 valence electrons. The van der Waals surface area contributed by atoms with E-state index < -0.39 is 11.5 Å². The van der Waals surface area contributed by atoms with Crippen LogP contribution >= 0.6 is 11.6 Å². The van der Waals surface area contributed by atoms with Crippen molar-refractivity contribution in [2.24, 2.45) is 0 Å². The molecule has 0 heterocycles. The standard InChI is InChI=1S/C9H8ClNO/c10-9(8(12)6-11)7-4-2-1-3-5-7/h1-5,8-9,12H/t8-,9+/m1/s1. The highest BCUT2D eigenvalue weighted by Gasteiger charge is 2.16. The average molecular weight is 182 g/mol. The van der Waals surface area contributed by atoms with Gasteiger partial charge in [0.05, 0.1) is 11.4 Å². The van der Waals surface area contributed by atoms with Crippen molar-refractivity contribution in [3.05, 3.63) is 35.9 Å². The lowest BCUT2D eigenvalue weighted by molar-refractivity contribution is 0.225. The number of aliphatic hydroxyl groups excluding tert-OH is 1. The van der Waals surface area contributed by atoms with Crippen molar-refractivity contribution in [2.45, 2.75) is 11.5 Å². The lowest BCUT2D eigenvalue weighted by Gasteiger charge is -2.09. The lowest BCUT2D eigenvalue weighted by Crippen LogP contribution is -2.10. The molecule has 0 aliphatic rings. The predicted octanol–water partition coefficient (Wildman–Crippen LogP) is 1.85. The summed E-state index contributed by atoms with van der Waals surface area (Å²) in [6, 6.07) is 10.7. The first-order valence-electron chi connectivity index (χ1n) is 3.52. The van der Waals surface area contributed by atoms with E-state index in [-0.39, 0.29) is 0 Å². The van der Waals surface area contributed by atoms with Crippen LogP contribution in [0.15, 0.2) is 30.3 Å². The summed E-state index contributed by atoms with van der Waals surface area (Å²) < 4.78 is 0. The van der Waals surface area contributed by atoms with Gasteiger partial charge in [-0.25, -0.2) is 0 Å². The van der Waals surface area contributed by atoms with E-state index in [1.165, 1.54) is 0 Å². The van der Waals surface area contributed by atoms with Gasteiger partial charge < -0.3 is 5.11 Å². The van der Waals surface area contributed by atoms with Crippen LogP contribution in [0.25, 0.3) is 0 Å². The Labute approximate surface area is 76.0 Å². The van der Waals surface area contributed by atoms with Gasteiger partial charge in [-0.3, -0.25) is 0 Å². The molecule has 0 saturated carbocycles. The van der Waals surface area contributed by atoms with Crippen molar-refractivity contribution in [1.82, 2.24) is 0 Å². The second kappa shape index (κ2) is 4.10. The molecule has 3 heteroatoms. The minimum atomic E-state index is -1.14. The van der Waals surface area contributed by atoms with Crippen molar-refractivity contribution in [3.8, 4) is 6.07 Å². The zero-order valence-electron chi connectivity index (χ0n) is 6.31. The van der Waals surface area contributed by atoms with Gasteiger partial charge in [-0.2, -0.15) is 5.26 Å². The Morgan fingerprint density at radius 3 is 2.42 bits per heavy atom. The number of rotatable bonds is 2. The fraction of sp³-hybridized carbons (Fsp3) is 0.222. The smallest absolute Gasteiger partial charge is 0.160 e. The van der Waals surface area contributed by atoms with Gasteiger partial charge in [0.1, 0.15) is 0 Å². The Balaban J connectivity index is 2.80. The molecule has 1 rings (SSSR count). The average Bonchev–Trinajstić information content (AvgIpc) is 2.17. The molecule has 0 radical (unpaired) electrons. The van der Waals surface area contributed by atoms with Gasteiger partial charge in [0.15, 0.2) is 6.10 Å². The molecule has 0 bridgehead atoms. The highest BCUT2D eigenvalue weighted by molar-refractivity contribution is 6.21. The number of nitriles is 1. The minimum absolute atomic E-state index is 0.642. The van der Waals surface area contributed by atoms with Crippen molar-refractivity contribution < 1.29 is 5.11 Å². The summed E-state index contributed by atoms with van der Waals surface area (Å²) in [5.41, 5.74) is 0.758. The quantitative estimate of drug-likeness (QED) is 0.559. The van der Waals surface area contributed by atoms with Gasteiger partial charge in [-0.15, -0.1) is 11.6 Å². The number of nitrogens with zero attached hydrogens (tertiary/aromatic N) is 1. The largest absolute Gasteiger partial charge is 0.376 e. The summed E-state index contributed by atoms with van der Waals surface area (Å²) >= 11 is 5.78. The monoisotopic (exact) mass is 181 g/mol. The van der Waals surface area contributed by atoms with Gasteiger partial charge >= 0.3 is 0 Å². The summed E-state index contributed by atoms with van der Waals surface area (Å²) in [5.74, 6) is 0. The minimum Gasteiger partial charge on any atom is -0.376 e. The van der Waals surface area contributed by atoms with E-state index in [2.05, 4.69) is 0 Å². The van der Waals surface area contributed by atoms with E-state index in [0.29, 0.717) is 0 Å². The Hall–Kier alpha value is -1.04. The third-order valence-electron chi connectivity index (χ3n) is 1.53. The van der Waals surface area contributed by atoms with Crippen molar-refractivity contribution in [3.63, 3.8) is 0 Å². The van der Waals surface area contributed by atoms with Crippen LogP contribution < -0.4 is 0 Å². The number of aliphatic hydroxyl groups is 1. The molecule has 0 spiro atoms. The molecule has 12 heavy (non-hydrogen) atoms. The molecule has 0 fully saturated rings. The summed E-state index contributed by atoms with van der Waals surface area (Å²) in [6.07, 6.45) is -1.14. The fourth-order valence-corrected chi connectivity index (χ4v) is 1.09. The zero-order valence-corrected chi connectivity index (χ0v) is 7.07. The number of hydrogen-bond donors (Lipinski definition) is 1. The summed E-state index contributed by atoms with van der Waals surface area (Å²) in [6.45, 7) is 0. The first-order valence-corrected chi connectivity index (χ1v) is 3.96. The second-order valence-electron chi connectivity index (χ2n) is 2.39. The maximum absolute atomic E-state index is 9.09. The van der Waals surface area contributed by atoms with Crippen LogP contribution in [0.2, 0.25) is 0 Å². The molecule has 0 amide bonds. The third-order valence-corrected chi connectivity index (χ3v) is 2.02. The molecule has 2 nitrogen and oxygen atoms in total. The molecule has 0 saturated heterocycles. The fourth-order valence-electron chi connectivity index (χ4n) is 0.885. The van der Waals surface area contributed by atoms with Crippen molar-refractivity contribution in [1.29, 1.82) is 5.26 Å². The molecule has 1 N–H and O–H groups in total. The van der Waals surface area contributed by atoms with Crippen LogP contribution in [0.1, 0.15) is 10.9 Å². The van der Waals surface area contributed by atoms with Crippen LogP contribution in [0.3, 0.4) is 0 Å². The SMILES string of the molecule is N#C[C@@H](O)[C@@H](Cl)c1ccccc1. The zero-order chi connectivity index (χ0) is 8.97. The van der Waals surface area contributed by atoms with Crippen LogP contribution in [-0.4, -0.2) is 11.2 Å². The first kappa shape index (κ1) is 9.05. The number of halogens is 1. The van der Waals surface area contributed by atoms with Crippen LogP contribution in [-0.2, 0) is 0 Å². The molecule has 0 aromatic heterocycles.